The molecule has 2 aliphatic rings. The van der Waals surface area contributed by atoms with E-state index in [-0.39, 0.29) is 0 Å². The van der Waals surface area contributed by atoms with Gasteiger partial charge in [-0.15, -0.1) is 0 Å². The molecular formula is C13H26NO+. The highest BCUT2D eigenvalue weighted by Gasteiger charge is 2.42. The molecule has 0 aromatic rings. The Hall–Kier alpha value is -0.0800. The summed E-state index contributed by atoms with van der Waals surface area (Å²) >= 11 is 0. The number of aliphatic hydroxyl groups is 1. The molecule has 0 amide bonds. The van der Waals surface area contributed by atoms with Crippen LogP contribution >= 0.6 is 0 Å². The van der Waals surface area contributed by atoms with Crippen LogP contribution in [-0.2, 0) is 0 Å². The molecule has 2 aliphatic heterocycles. The highest BCUT2D eigenvalue weighted by atomic mass is 16.2. The lowest BCUT2D eigenvalue weighted by molar-refractivity contribution is -0.947. The lowest BCUT2D eigenvalue weighted by Crippen LogP contribution is -2.60. The molecule has 2 heterocycles. The molecular weight excluding hydrogens is 186 g/mol. The molecule has 0 aliphatic carbocycles. The average Bonchev–Trinajstić information content (AvgIpc) is 2.25. The summed E-state index contributed by atoms with van der Waals surface area (Å²) in [6.07, 6.45) is 9.40. The molecule has 0 unspecified atom stereocenters. The Balaban J connectivity index is 1.99. The third-order valence-corrected chi connectivity index (χ3v) is 4.74. The van der Waals surface area contributed by atoms with Crippen LogP contribution in [0.4, 0.5) is 0 Å². The van der Waals surface area contributed by atoms with E-state index in [2.05, 4.69) is 7.05 Å². The van der Waals surface area contributed by atoms with Crippen LogP contribution in [-0.4, -0.2) is 42.4 Å². The summed E-state index contributed by atoms with van der Waals surface area (Å²) in [5, 5.41) is 8.95. The van der Waals surface area contributed by atoms with Gasteiger partial charge in [-0.2, -0.15) is 0 Å². The number of piperidine rings is 2. The van der Waals surface area contributed by atoms with Gasteiger partial charge >= 0.3 is 0 Å². The molecule has 2 heteroatoms. The lowest BCUT2D eigenvalue weighted by atomic mass is 9.79. The van der Waals surface area contributed by atoms with Crippen LogP contribution in [0.15, 0.2) is 0 Å². The maximum atomic E-state index is 8.95. The quantitative estimate of drug-likeness (QED) is 0.711. The predicted octanol–water partition coefficient (Wildman–Crippen LogP) is 2.17. The van der Waals surface area contributed by atoms with Gasteiger partial charge in [-0.1, -0.05) is 0 Å². The van der Waals surface area contributed by atoms with E-state index in [0.717, 1.165) is 18.4 Å². The topological polar surface area (TPSA) is 20.2 Å². The monoisotopic (exact) mass is 212 g/mol. The standard InChI is InChI=1S/C13H26NO/c1-14-9-3-2-8-13(14)12(6-4-10-14)7-5-11-15/h12-13,15H,2-11H2,1H3/q+1/t12-,13-,14+/m1/s1. The van der Waals surface area contributed by atoms with Crippen molar-refractivity contribution in [2.24, 2.45) is 5.92 Å². The van der Waals surface area contributed by atoms with Crippen LogP contribution in [0.2, 0.25) is 0 Å². The molecule has 1 N–H and O–H groups in total. The first-order valence-corrected chi connectivity index (χ1v) is 6.71. The van der Waals surface area contributed by atoms with E-state index in [1.807, 2.05) is 0 Å². The van der Waals surface area contributed by atoms with Crippen molar-refractivity contribution in [3.8, 4) is 0 Å². The molecule has 88 valence electrons. The first-order valence-electron chi connectivity index (χ1n) is 6.71. The summed E-state index contributed by atoms with van der Waals surface area (Å²) < 4.78 is 1.34. The maximum Gasteiger partial charge on any atom is 0.0916 e. The first-order chi connectivity index (χ1) is 7.26. The van der Waals surface area contributed by atoms with Gasteiger partial charge in [0, 0.05) is 12.5 Å². The minimum atomic E-state index is 0.382. The van der Waals surface area contributed by atoms with E-state index in [1.54, 1.807) is 0 Å². The fraction of sp³-hybridized carbons (Fsp3) is 1.00. The van der Waals surface area contributed by atoms with Crippen LogP contribution in [0.5, 0.6) is 0 Å². The SMILES string of the molecule is C[N@@+]12CCCC[C@@H]1[C@@H](CCCO)CCC2. The smallest absolute Gasteiger partial charge is 0.0916 e. The summed E-state index contributed by atoms with van der Waals surface area (Å²) in [6.45, 7) is 3.19. The van der Waals surface area contributed by atoms with Gasteiger partial charge in [0.1, 0.15) is 0 Å². The van der Waals surface area contributed by atoms with Crippen molar-refractivity contribution in [2.75, 3.05) is 26.7 Å². The largest absolute Gasteiger partial charge is 0.396 e. The number of nitrogens with zero attached hydrogens (tertiary/aromatic N) is 1. The van der Waals surface area contributed by atoms with E-state index in [4.69, 9.17) is 5.11 Å². The molecule has 2 rings (SSSR count). The average molecular weight is 212 g/mol. The highest BCUT2D eigenvalue weighted by molar-refractivity contribution is 4.78. The van der Waals surface area contributed by atoms with Crippen LogP contribution in [0.3, 0.4) is 0 Å². The number of quaternary nitrogens is 1. The second-order valence-corrected chi connectivity index (χ2v) is 5.76. The van der Waals surface area contributed by atoms with Gasteiger partial charge in [0.25, 0.3) is 0 Å². The normalized spacial score (nSPS) is 41.2. The van der Waals surface area contributed by atoms with Gasteiger partial charge in [-0.05, 0) is 44.9 Å². The number of rotatable bonds is 3. The van der Waals surface area contributed by atoms with Gasteiger partial charge in [-0.3, -0.25) is 0 Å². The van der Waals surface area contributed by atoms with E-state index in [9.17, 15) is 0 Å². The molecule has 0 bridgehead atoms. The van der Waals surface area contributed by atoms with Crippen LogP contribution in [0, 0.1) is 5.92 Å². The minimum absolute atomic E-state index is 0.382. The van der Waals surface area contributed by atoms with Crippen molar-refractivity contribution in [3.05, 3.63) is 0 Å². The molecule has 0 spiro atoms. The molecule has 3 atom stereocenters. The molecule has 15 heavy (non-hydrogen) atoms. The maximum absolute atomic E-state index is 8.95. The Labute approximate surface area is 93.9 Å². The van der Waals surface area contributed by atoms with Crippen LogP contribution in [0.25, 0.3) is 0 Å². The van der Waals surface area contributed by atoms with Crippen molar-refractivity contribution >= 4 is 0 Å². The Kier molecular flexibility index (Phi) is 3.68. The minimum Gasteiger partial charge on any atom is -0.396 e. The fourth-order valence-electron chi connectivity index (χ4n) is 3.92. The number of hydrogen-bond acceptors (Lipinski definition) is 1. The van der Waals surface area contributed by atoms with Crippen LogP contribution in [0.1, 0.15) is 44.9 Å². The summed E-state index contributed by atoms with van der Waals surface area (Å²) in [5.41, 5.74) is 0. The Bertz CT molecular complexity index is 203. The summed E-state index contributed by atoms with van der Waals surface area (Å²) in [7, 11) is 2.47. The lowest BCUT2D eigenvalue weighted by Gasteiger charge is -2.51. The third-order valence-electron chi connectivity index (χ3n) is 4.74. The molecule has 0 aromatic carbocycles. The molecule has 0 radical (unpaired) electrons. The summed E-state index contributed by atoms with van der Waals surface area (Å²) in [5.74, 6) is 0.899. The van der Waals surface area contributed by atoms with Gasteiger partial charge in [0.2, 0.25) is 0 Å². The van der Waals surface area contributed by atoms with Gasteiger partial charge in [0.15, 0.2) is 0 Å². The van der Waals surface area contributed by atoms with E-state index >= 15 is 0 Å². The van der Waals surface area contributed by atoms with Gasteiger partial charge < -0.3 is 9.59 Å². The highest BCUT2D eigenvalue weighted by Crippen LogP contribution is 2.37. The zero-order chi connectivity index (χ0) is 10.7. The Morgan fingerprint density at radius 1 is 1.13 bits per heavy atom. The second kappa shape index (κ2) is 4.84. The molecule has 2 nitrogen and oxygen atoms in total. The number of fused-ring (bicyclic) bond motifs is 1. The van der Waals surface area contributed by atoms with E-state index in [0.29, 0.717) is 6.61 Å². The number of hydrogen-bond donors (Lipinski definition) is 1. The molecule has 0 aromatic heterocycles. The van der Waals surface area contributed by atoms with Crippen molar-refractivity contribution in [1.29, 1.82) is 0 Å². The molecule has 2 saturated heterocycles. The van der Waals surface area contributed by atoms with Gasteiger partial charge in [-0.25, -0.2) is 0 Å². The van der Waals surface area contributed by atoms with Crippen molar-refractivity contribution in [2.45, 2.75) is 51.0 Å². The van der Waals surface area contributed by atoms with E-state index < -0.39 is 0 Å². The first kappa shape index (κ1) is 11.4. The summed E-state index contributed by atoms with van der Waals surface area (Å²) in [4.78, 5) is 0. The zero-order valence-electron chi connectivity index (χ0n) is 10.1. The van der Waals surface area contributed by atoms with Crippen molar-refractivity contribution < 1.29 is 9.59 Å². The van der Waals surface area contributed by atoms with E-state index in [1.165, 1.54) is 56.1 Å². The zero-order valence-corrected chi connectivity index (χ0v) is 10.1. The molecule has 2 fully saturated rings. The second-order valence-electron chi connectivity index (χ2n) is 5.76. The van der Waals surface area contributed by atoms with Crippen molar-refractivity contribution in [1.82, 2.24) is 0 Å². The predicted molar refractivity (Wildman–Crippen MR) is 62.6 cm³/mol. The van der Waals surface area contributed by atoms with Crippen LogP contribution < -0.4 is 0 Å². The molecule has 0 saturated carbocycles. The fourth-order valence-corrected chi connectivity index (χ4v) is 3.92. The Morgan fingerprint density at radius 2 is 1.93 bits per heavy atom. The van der Waals surface area contributed by atoms with Crippen molar-refractivity contribution in [3.63, 3.8) is 0 Å². The number of aliphatic hydroxyl groups excluding tert-OH is 1. The Morgan fingerprint density at radius 3 is 2.73 bits per heavy atom. The summed E-state index contributed by atoms with van der Waals surface area (Å²) in [6, 6.07) is 0.916. The van der Waals surface area contributed by atoms with Gasteiger partial charge in [0.05, 0.1) is 26.2 Å². The third kappa shape index (κ3) is 2.36.